The van der Waals surface area contributed by atoms with Gasteiger partial charge in [0.2, 0.25) is 0 Å². The molecule has 4 nitrogen and oxygen atoms in total. The lowest BCUT2D eigenvalue weighted by molar-refractivity contribution is -0.137. The molecule has 2 heterocycles. The topological polar surface area (TPSA) is 39.9 Å². The third-order valence-corrected chi connectivity index (χ3v) is 4.64. The Bertz CT molecular complexity index is 943. The van der Waals surface area contributed by atoms with Gasteiger partial charge in [0.05, 0.1) is 34.4 Å². The van der Waals surface area contributed by atoms with Crippen molar-refractivity contribution < 1.29 is 17.9 Å². The number of hydrogen-bond donors (Lipinski definition) is 0. The predicted octanol–water partition coefficient (Wildman–Crippen LogP) is 5.44. The van der Waals surface area contributed by atoms with Gasteiger partial charge in [0.1, 0.15) is 11.6 Å². The van der Waals surface area contributed by atoms with Crippen molar-refractivity contribution in [3.8, 4) is 17.1 Å². The van der Waals surface area contributed by atoms with Gasteiger partial charge in [-0.2, -0.15) is 13.2 Å². The second-order valence-electron chi connectivity index (χ2n) is 5.38. The summed E-state index contributed by atoms with van der Waals surface area (Å²) in [5, 5.41) is -0.0459. The summed E-state index contributed by atoms with van der Waals surface area (Å²) in [5.74, 6) is 1.31. The van der Waals surface area contributed by atoms with Crippen LogP contribution in [0.3, 0.4) is 0 Å². The molecule has 0 atom stereocenters. The first-order chi connectivity index (χ1) is 12.3. The molecule has 0 amide bonds. The van der Waals surface area contributed by atoms with Crippen LogP contribution in [0, 0.1) is 0 Å². The Balaban J connectivity index is 1.91. The van der Waals surface area contributed by atoms with Crippen LogP contribution in [0.5, 0.6) is 5.75 Å². The van der Waals surface area contributed by atoms with Crippen molar-refractivity contribution in [3.05, 3.63) is 63.6 Å². The van der Waals surface area contributed by atoms with Crippen LogP contribution in [-0.2, 0) is 12.7 Å². The molecule has 136 valence electrons. The second kappa shape index (κ2) is 7.28. The number of methoxy groups -OCH3 is 1. The third-order valence-electron chi connectivity index (χ3n) is 3.69. The van der Waals surface area contributed by atoms with Crippen LogP contribution in [0.4, 0.5) is 13.2 Å². The number of rotatable bonds is 4. The maximum absolute atomic E-state index is 12.7. The van der Waals surface area contributed by atoms with E-state index in [-0.39, 0.29) is 11.6 Å². The fourth-order valence-corrected chi connectivity index (χ4v) is 3.17. The van der Waals surface area contributed by atoms with E-state index in [1.165, 1.54) is 0 Å². The lowest BCUT2D eigenvalue weighted by Crippen LogP contribution is -2.09. The highest BCUT2D eigenvalue weighted by atomic mass is 79.9. The Kier molecular flexibility index (Phi) is 5.24. The number of pyridine rings is 1. The van der Waals surface area contributed by atoms with E-state index in [0.717, 1.165) is 22.3 Å². The van der Waals surface area contributed by atoms with Gasteiger partial charge in [-0.05, 0) is 40.2 Å². The highest BCUT2D eigenvalue weighted by molar-refractivity contribution is 9.10. The van der Waals surface area contributed by atoms with Gasteiger partial charge in [0.15, 0.2) is 0 Å². The zero-order chi connectivity index (χ0) is 18.9. The molecule has 3 aromatic rings. The minimum Gasteiger partial charge on any atom is -0.496 e. The summed E-state index contributed by atoms with van der Waals surface area (Å²) in [7, 11) is 1.57. The standard InChI is InChI=1S/C17H12BrClF3N3O/c1-26-15-3-2-10(6-12(15)18)16-23-4-5-25(16)9-14-13(19)7-11(8-24-14)17(20,21)22/h2-8H,9H2,1H3. The number of benzene rings is 1. The lowest BCUT2D eigenvalue weighted by Gasteiger charge is -2.12. The monoisotopic (exact) mass is 445 g/mol. The molecule has 9 heteroatoms. The van der Waals surface area contributed by atoms with Gasteiger partial charge in [-0.15, -0.1) is 0 Å². The molecule has 0 aliphatic carbocycles. The van der Waals surface area contributed by atoms with Gasteiger partial charge in [-0.3, -0.25) is 4.98 Å². The maximum Gasteiger partial charge on any atom is 0.417 e. The molecule has 3 rings (SSSR count). The number of halogens is 5. The smallest absolute Gasteiger partial charge is 0.417 e. The van der Waals surface area contributed by atoms with Crippen molar-refractivity contribution in [2.45, 2.75) is 12.7 Å². The summed E-state index contributed by atoms with van der Waals surface area (Å²) >= 11 is 9.42. The zero-order valence-electron chi connectivity index (χ0n) is 13.4. The highest BCUT2D eigenvalue weighted by Crippen LogP contribution is 2.32. The van der Waals surface area contributed by atoms with Crippen LogP contribution in [0.25, 0.3) is 11.4 Å². The van der Waals surface area contributed by atoms with Gasteiger partial charge in [0, 0.05) is 24.2 Å². The van der Waals surface area contributed by atoms with Gasteiger partial charge in [-0.1, -0.05) is 11.6 Å². The van der Waals surface area contributed by atoms with Gasteiger partial charge in [-0.25, -0.2) is 4.98 Å². The summed E-state index contributed by atoms with van der Waals surface area (Å²) in [6.07, 6.45) is -0.388. The average Bonchev–Trinajstić information content (AvgIpc) is 3.04. The van der Waals surface area contributed by atoms with E-state index in [1.807, 2.05) is 12.1 Å². The van der Waals surface area contributed by atoms with E-state index in [4.69, 9.17) is 16.3 Å². The van der Waals surface area contributed by atoms with Crippen LogP contribution in [0.2, 0.25) is 5.02 Å². The van der Waals surface area contributed by atoms with Crippen molar-refractivity contribution in [1.82, 2.24) is 14.5 Å². The number of nitrogens with zero attached hydrogens (tertiary/aromatic N) is 3. The second-order valence-corrected chi connectivity index (χ2v) is 6.64. The van der Waals surface area contributed by atoms with Crippen molar-refractivity contribution in [2.24, 2.45) is 0 Å². The Morgan fingerprint density at radius 2 is 2.00 bits per heavy atom. The molecule has 0 unspecified atom stereocenters. The number of hydrogen-bond acceptors (Lipinski definition) is 3. The summed E-state index contributed by atoms with van der Waals surface area (Å²) in [6.45, 7) is 0.190. The molecule has 0 saturated carbocycles. The van der Waals surface area contributed by atoms with Crippen LogP contribution < -0.4 is 4.74 Å². The van der Waals surface area contributed by atoms with E-state index in [2.05, 4.69) is 25.9 Å². The van der Waals surface area contributed by atoms with Crippen molar-refractivity contribution in [3.63, 3.8) is 0 Å². The molecular formula is C17H12BrClF3N3O. The molecule has 0 aliphatic heterocycles. The van der Waals surface area contributed by atoms with Crippen LogP contribution in [0.15, 0.2) is 47.3 Å². The Labute approximate surface area is 160 Å². The molecule has 26 heavy (non-hydrogen) atoms. The van der Waals surface area contributed by atoms with Crippen LogP contribution in [0.1, 0.15) is 11.3 Å². The lowest BCUT2D eigenvalue weighted by atomic mass is 10.2. The molecule has 0 spiro atoms. The van der Waals surface area contributed by atoms with Crippen molar-refractivity contribution in [2.75, 3.05) is 7.11 Å². The van der Waals surface area contributed by atoms with Gasteiger partial charge in [0.25, 0.3) is 0 Å². The largest absolute Gasteiger partial charge is 0.496 e. The molecule has 0 saturated heterocycles. The van der Waals surface area contributed by atoms with Crippen molar-refractivity contribution >= 4 is 27.5 Å². The Morgan fingerprint density at radius 1 is 1.23 bits per heavy atom. The van der Waals surface area contributed by atoms with Crippen LogP contribution >= 0.6 is 27.5 Å². The first-order valence-electron chi connectivity index (χ1n) is 7.36. The molecule has 0 N–H and O–H groups in total. The number of alkyl halides is 3. The van der Waals surface area contributed by atoms with E-state index >= 15 is 0 Å². The molecule has 0 radical (unpaired) electrons. The zero-order valence-corrected chi connectivity index (χ0v) is 15.7. The van der Waals surface area contributed by atoms with Gasteiger partial charge >= 0.3 is 6.18 Å². The van der Waals surface area contributed by atoms with Gasteiger partial charge < -0.3 is 9.30 Å². The summed E-state index contributed by atoms with van der Waals surface area (Å²) in [4.78, 5) is 8.19. The fraction of sp³-hybridized carbons (Fsp3) is 0.176. The number of ether oxygens (including phenoxy) is 1. The summed E-state index contributed by atoms with van der Waals surface area (Å²) in [6, 6.07) is 6.36. The third kappa shape index (κ3) is 3.86. The Hall–Kier alpha value is -2.06. The van der Waals surface area contributed by atoms with Crippen molar-refractivity contribution in [1.29, 1.82) is 0 Å². The molecule has 2 aromatic heterocycles. The maximum atomic E-state index is 12.7. The number of aromatic nitrogens is 3. The molecule has 0 bridgehead atoms. The predicted molar refractivity (Wildman–Crippen MR) is 95.3 cm³/mol. The average molecular weight is 447 g/mol. The number of imidazole rings is 1. The minimum atomic E-state index is -4.48. The summed E-state index contributed by atoms with van der Waals surface area (Å²) < 4.78 is 45.9. The Morgan fingerprint density at radius 3 is 2.62 bits per heavy atom. The highest BCUT2D eigenvalue weighted by Gasteiger charge is 2.31. The van der Waals surface area contributed by atoms with E-state index < -0.39 is 11.7 Å². The van der Waals surface area contributed by atoms with E-state index in [9.17, 15) is 13.2 Å². The minimum absolute atomic E-state index is 0.0459. The fourth-order valence-electron chi connectivity index (χ4n) is 2.40. The quantitative estimate of drug-likeness (QED) is 0.536. The normalized spacial score (nSPS) is 11.6. The molecule has 0 aliphatic rings. The molecular weight excluding hydrogens is 435 g/mol. The van der Waals surface area contributed by atoms with Crippen LogP contribution in [-0.4, -0.2) is 21.6 Å². The van der Waals surface area contributed by atoms with E-state index in [1.54, 1.807) is 30.1 Å². The SMILES string of the molecule is COc1ccc(-c2nccn2Cc2ncc(C(F)(F)F)cc2Cl)cc1Br. The first kappa shape index (κ1) is 18.7. The van der Waals surface area contributed by atoms with E-state index in [0.29, 0.717) is 17.3 Å². The molecule has 1 aromatic carbocycles. The first-order valence-corrected chi connectivity index (χ1v) is 8.53. The molecule has 0 fully saturated rings. The summed E-state index contributed by atoms with van der Waals surface area (Å²) in [5.41, 5.74) is 0.258.